The fourth-order valence-electron chi connectivity index (χ4n) is 3.25. The molecule has 30 heavy (non-hydrogen) atoms. The first-order valence-corrected chi connectivity index (χ1v) is 8.72. The normalized spacial score (nSPS) is 15.2. The van der Waals surface area contributed by atoms with Crippen molar-refractivity contribution in [2.45, 2.75) is 6.04 Å². The number of Topliss-reactive ketones (excluding diaryl/α,β-unsaturated/α-hetero) is 1. The minimum absolute atomic E-state index is 0.00773. The van der Waals surface area contributed by atoms with Crippen LogP contribution < -0.4 is 5.32 Å². The number of aromatic nitrogens is 4. The van der Waals surface area contributed by atoms with Gasteiger partial charge in [0.2, 0.25) is 5.95 Å². The minimum Gasteiger partial charge on any atom is -0.464 e. The molecule has 0 bridgehead atoms. The lowest BCUT2D eigenvalue weighted by molar-refractivity contribution is -0.384. The van der Waals surface area contributed by atoms with Gasteiger partial charge >= 0.3 is 5.97 Å². The molecule has 0 saturated carbocycles. The Hall–Kier alpha value is -4.41. The first kappa shape index (κ1) is 18.9. The summed E-state index contributed by atoms with van der Waals surface area (Å²) in [6, 6.07) is 13.1. The van der Waals surface area contributed by atoms with Crippen LogP contribution in [0.3, 0.4) is 0 Å². The summed E-state index contributed by atoms with van der Waals surface area (Å²) >= 11 is 0. The molecular weight excluding hydrogens is 392 g/mol. The fourth-order valence-corrected chi connectivity index (χ4v) is 3.25. The van der Waals surface area contributed by atoms with Gasteiger partial charge in [0.15, 0.2) is 5.78 Å². The Morgan fingerprint density at radius 1 is 1.17 bits per heavy atom. The summed E-state index contributed by atoms with van der Waals surface area (Å²) in [4.78, 5) is 36.7. The van der Waals surface area contributed by atoms with Crippen molar-refractivity contribution in [1.82, 2.24) is 20.2 Å². The number of nitro benzene ring substituents is 1. The Kier molecular flexibility index (Phi) is 4.76. The first-order chi connectivity index (χ1) is 14.5. The molecule has 0 saturated heterocycles. The number of fused-ring (bicyclic) bond motifs is 1. The molecule has 0 fully saturated rings. The number of rotatable bonds is 5. The minimum atomic E-state index is -0.988. The van der Waals surface area contributed by atoms with Crippen molar-refractivity contribution < 1.29 is 19.2 Å². The maximum atomic E-state index is 13.4. The molecule has 3 aromatic rings. The molecule has 11 heteroatoms. The van der Waals surface area contributed by atoms with E-state index in [2.05, 4.69) is 20.8 Å². The number of hydrogen-bond donors (Lipinski definition) is 1. The van der Waals surface area contributed by atoms with E-state index >= 15 is 0 Å². The molecule has 1 atom stereocenters. The van der Waals surface area contributed by atoms with Gasteiger partial charge in [-0.3, -0.25) is 14.9 Å². The van der Waals surface area contributed by atoms with Gasteiger partial charge < -0.3 is 10.1 Å². The number of non-ortho nitro benzene ring substituents is 1. The summed E-state index contributed by atoms with van der Waals surface area (Å²) < 4.78 is 6.14. The van der Waals surface area contributed by atoms with Gasteiger partial charge in [0, 0.05) is 17.7 Å². The van der Waals surface area contributed by atoms with Crippen LogP contribution in [0.2, 0.25) is 0 Å². The third-order valence-electron chi connectivity index (χ3n) is 4.58. The zero-order valence-electron chi connectivity index (χ0n) is 15.6. The molecule has 0 aliphatic carbocycles. The van der Waals surface area contributed by atoms with Crippen LogP contribution in [-0.4, -0.2) is 44.0 Å². The molecule has 1 aliphatic heterocycles. The largest absolute Gasteiger partial charge is 0.464 e. The molecule has 2 aromatic carbocycles. The number of ketones is 1. The van der Waals surface area contributed by atoms with E-state index < -0.39 is 22.7 Å². The number of tetrazole rings is 1. The molecule has 1 N–H and O–H groups in total. The summed E-state index contributed by atoms with van der Waals surface area (Å²) in [5.41, 5.74) is 0.382. The molecule has 0 unspecified atom stereocenters. The molecule has 0 radical (unpaired) electrons. The maximum Gasteiger partial charge on any atom is 0.355 e. The van der Waals surface area contributed by atoms with E-state index in [4.69, 9.17) is 4.74 Å². The number of allylic oxidation sites excluding steroid dienone is 1. The number of ether oxygens (including phenoxy) is 1. The number of hydrogen-bond acceptors (Lipinski definition) is 9. The number of carbonyl (C=O) groups is 2. The Morgan fingerprint density at radius 3 is 2.63 bits per heavy atom. The third-order valence-corrected chi connectivity index (χ3v) is 4.58. The van der Waals surface area contributed by atoms with Crippen molar-refractivity contribution in [1.29, 1.82) is 0 Å². The summed E-state index contributed by atoms with van der Waals surface area (Å²) in [6.45, 7) is 0. The number of carbonyl (C=O) groups excluding carboxylic acids is 2. The highest BCUT2D eigenvalue weighted by molar-refractivity contribution is 6.14. The quantitative estimate of drug-likeness (QED) is 0.291. The van der Waals surface area contributed by atoms with Gasteiger partial charge in [-0.05, 0) is 16.0 Å². The summed E-state index contributed by atoms with van der Waals surface area (Å²) in [5, 5.41) is 25.4. The molecular formula is C19H14N6O5. The molecule has 2 heterocycles. The highest BCUT2D eigenvalue weighted by atomic mass is 16.6. The van der Waals surface area contributed by atoms with Crippen molar-refractivity contribution in [3.05, 3.63) is 87.1 Å². The van der Waals surface area contributed by atoms with Gasteiger partial charge in [0.05, 0.1) is 17.6 Å². The number of anilines is 1. The number of nitro groups is 1. The lowest BCUT2D eigenvalue weighted by Gasteiger charge is -2.28. The van der Waals surface area contributed by atoms with Gasteiger partial charge in [-0.1, -0.05) is 47.6 Å². The average molecular weight is 406 g/mol. The molecule has 11 nitrogen and oxygen atoms in total. The Bertz CT molecular complexity index is 1190. The fraction of sp³-hybridized carbons (Fsp3) is 0.105. The maximum absolute atomic E-state index is 13.4. The second-order valence-corrected chi connectivity index (χ2v) is 6.30. The van der Waals surface area contributed by atoms with Crippen LogP contribution in [0.15, 0.2) is 65.9 Å². The van der Waals surface area contributed by atoms with Crippen LogP contribution in [0.25, 0.3) is 0 Å². The van der Waals surface area contributed by atoms with E-state index in [-0.39, 0.29) is 22.9 Å². The van der Waals surface area contributed by atoms with Crippen LogP contribution in [0, 0.1) is 10.1 Å². The first-order valence-electron chi connectivity index (χ1n) is 8.72. The van der Waals surface area contributed by atoms with E-state index in [0.717, 1.165) is 0 Å². The van der Waals surface area contributed by atoms with Crippen LogP contribution in [0.5, 0.6) is 0 Å². The monoisotopic (exact) mass is 406 g/mol. The summed E-state index contributed by atoms with van der Waals surface area (Å²) in [7, 11) is 1.18. The predicted octanol–water partition coefficient (Wildman–Crippen LogP) is 1.91. The molecule has 0 spiro atoms. The molecule has 1 aromatic heterocycles. The van der Waals surface area contributed by atoms with Gasteiger partial charge in [0.1, 0.15) is 11.7 Å². The van der Waals surface area contributed by atoms with E-state index in [1.54, 1.807) is 36.4 Å². The van der Waals surface area contributed by atoms with Gasteiger partial charge in [-0.15, -0.1) is 0 Å². The topological polar surface area (TPSA) is 142 Å². The van der Waals surface area contributed by atoms with Crippen LogP contribution >= 0.6 is 0 Å². The van der Waals surface area contributed by atoms with E-state index in [9.17, 15) is 19.7 Å². The number of nitrogens with one attached hydrogen (secondary N) is 1. The van der Waals surface area contributed by atoms with Crippen molar-refractivity contribution >= 4 is 23.4 Å². The zero-order valence-corrected chi connectivity index (χ0v) is 15.6. The van der Waals surface area contributed by atoms with Gasteiger partial charge in [-0.2, -0.15) is 4.68 Å². The van der Waals surface area contributed by atoms with E-state index in [1.807, 2.05) is 0 Å². The van der Waals surface area contributed by atoms with Crippen molar-refractivity contribution in [2.75, 3.05) is 12.4 Å². The zero-order chi connectivity index (χ0) is 21.3. The molecule has 150 valence electrons. The second kappa shape index (κ2) is 7.54. The Balaban J connectivity index is 1.97. The number of nitrogens with zero attached hydrogens (tertiary/aromatic N) is 5. The van der Waals surface area contributed by atoms with E-state index in [0.29, 0.717) is 11.1 Å². The summed E-state index contributed by atoms with van der Waals surface area (Å²) in [5.74, 6) is -1.17. The Labute approximate surface area is 169 Å². The average Bonchev–Trinajstić information content (AvgIpc) is 3.25. The van der Waals surface area contributed by atoms with Crippen molar-refractivity contribution in [2.24, 2.45) is 0 Å². The lowest BCUT2D eigenvalue weighted by Crippen LogP contribution is -2.33. The van der Waals surface area contributed by atoms with E-state index in [1.165, 1.54) is 30.0 Å². The van der Waals surface area contributed by atoms with Crippen LogP contribution in [0.1, 0.15) is 22.0 Å². The third kappa shape index (κ3) is 3.17. The van der Waals surface area contributed by atoms with Crippen molar-refractivity contribution in [3.8, 4) is 0 Å². The SMILES string of the molecule is COC(=O)C1=C(C(=O)c2ccccc2)[C@H](c2cccc([N+](=O)[O-])c2)n2nnnc2N1. The van der Waals surface area contributed by atoms with Crippen LogP contribution in [-0.2, 0) is 9.53 Å². The lowest BCUT2D eigenvalue weighted by atomic mass is 9.89. The smallest absolute Gasteiger partial charge is 0.355 e. The highest BCUT2D eigenvalue weighted by Gasteiger charge is 2.38. The number of esters is 1. The molecule has 1 aliphatic rings. The van der Waals surface area contributed by atoms with Crippen LogP contribution in [0.4, 0.5) is 11.6 Å². The number of methoxy groups -OCH3 is 1. The standard InChI is InChI=1S/C19H14N6O5/c1-30-18(27)15-14(17(26)11-6-3-2-4-7-11)16(24-19(20-15)21-22-23-24)12-8-5-9-13(10-12)25(28)29/h2-10,16H,1H3,(H,20,21,23)/t16-/m0/s1. The molecule has 4 rings (SSSR count). The number of benzene rings is 2. The molecule has 0 amide bonds. The predicted molar refractivity (Wildman–Crippen MR) is 102 cm³/mol. The Morgan fingerprint density at radius 2 is 1.93 bits per heavy atom. The van der Waals surface area contributed by atoms with Gasteiger partial charge in [0.25, 0.3) is 5.69 Å². The van der Waals surface area contributed by atoms with Gasteiger partial charge in [-0.25, -0.2) is 4.79 Å². The highest BCUT2D eigenvalue weighted by Crippen LogP contribution is 2.37. The second-order valence-electron chi connectivity index (χ2n) is 6.30. The summed E-state index contributed by atoms with van der Waals surface area (Å²) in [6.07, 6.45) is 0. The van der Waals surface area contributed by atoms with Crippen molar-refractivity contribution in [3.63, 3.8) is 0 Å².